The Bertz CT molecular complexity index is 1140. The number of nitrogens with one attached hydrogen (secondary N) is 3. The number of piperidine rings is 1. The summed E-state index contributed by atoms with van der Waals surface area (Å²) < 4.78 is 25.6. The Morgan fingerprint density at radius 2 is 2.09 bits per heavy atom. The third kappa shape index (κ3) is 4.89. The molecule has 0 bridgehead atoms. The van der Waals surface area contributed by atoms with E-state index in [-0.39, 0.29) is 30.1 Å². The van der Waals surface area contributed by atoms with Crippen molar-refractivity contribution < 1.29 is 18.7 Å². The number of carbonyl (C=O) groups is 1. The van der Waals surface area contributed by atoms with E-state index in [4.69, 9.17) is 9.47 Å². The SMILES string of the molecule is COc1cc(-c2ncnc3c(C(=O)N[C@@H]4CCCNC4)c[nH]c23)c(OCC2CC2)cc1F.Cl. The Labute approximate surface area is 197 Å². The molecule has 1 amide bonds. The van der Waals surface area contributed by atoms with E-state index in [1.165, 1.54) is 19.5 Å². The largest absolute Gasteiger partial charge is 0.494 e. The van der Waals surface area contributed by atoms with Gasteiger partial charge in [-0.3, -0.25) is 4.79 Å². The number of hydrogen-bond acceptors (Lipinski definition) is 6. The molecule has 0 unspecified atom stereocenters. The molecule has 3 N–H and O–H groups in total. The average molecular weight is 476 g/mol. The number of rotatable bonds is 7. The summed E-state index contributed by atoms with van der Waals surface area (Å²) in [6, 6.07) is 3.00. The van der Waals surface area contributed by atoms with E-state index in [2.05, 4.69) is 25.6 Å². The van der Waals surface area contributed by atoms with Crippen molar-refractivity contribution in [3.8, 4) is 22.8 Å². The van der Waals surface area contributed by atoms with Crippen LogP contribution in [0.15, 0.2) is 24.7 Å². The number of H-pyrrole nitrogens is 1. The van der Waals surface area contributed by atoms with E-state index in [1.54, 1.807) is 12.3 Å². The van der Waals surface area contributed by atoms with E-state index >= 15 is 0 Å². The summed E-state index contributed by atoms with van der Waals surface area (Å²) in [6.07, 6.45) is 7.26. The molecule has 3 heterocycles. The number of fused-ring (bicyclic) bond motifs is 1. The van der Waals surface area contributed by atoms with Crippen molar-refractivity contribution in [2.24, 2.45) is 5.92 Å². The predicted octanol–water partition coefficient (Wildman–Crippen LogP) is 3.47. The Morgan fingerprint density at radius 3 is 2.82 bits per heavy atom. The maximum atomic E-state index is 14.4. The summed E-state index contributed by atoms with van der Waals surface area (Å²) in [7, 11) is 1.42. The zero-order valence-electron chi connectivity index (χ0n) is 18.3. The van der Waals surface area contributed by atoms with E-state index in [0.717, 1.165) is 38.8 Å². The molecule has 5 rings (SSSR count). The predicted molar refractivity (Wildman–Crippen MR) is 125 cm³/mol. The lowest BCUT2D eigenvalue weighted by atomic mass is 10.1. The van der Waals surface area contributed by atoms with Crippen LogP contribution in [0.2, 0.25) is 0 Å². The molecule has 1 aliphatic carbocycles. The Morgan fingerprint density at radius 1 is 1.24 bits per heavy atom. The molecular formula is C23H27ClFN5O3. The summed E-state index contributed by atoms with van der Waals surface area (Å²) in [5, 5.41) is 6.37. The summed E-state index contributed by atoms with van der Waals surface area (Å²) >= 11 is 0. The molecule has 8 nitrogen and oxygen atoms in total. The van der Waals surface area contributed by atoms with Crippen LogP contribution >= 0.6 is 12.4 Å². The van der Waals surface area contributed by atoms with Crippen LogP contribution < -0.4 is 20.1 Å². The lowest BCUT2D eigenvalue weighted by Crippen LogP contribution is -2.45. The quantitative estimate of drug-likeness (QED) is 0.483. The van der Waals surface area contributed by atoms with E-state index in [1.807, 2.05) is 0 Å². The Kier molecular flexibility index (Phi) is 6.99. The third-order valence-electron chi connectivity index (χ3n) is 6.02. The fourth-order valence-corrected chi connectivity index (χ4v) is 4.04. The second-order valence-corrected chi connectivity index (χ2v) is 8.40. The average Bonchev–Trinajstić information content (AvgIpc) is 3.54. The van der Waals surface area contributed by atoms with Gasteiger partial charge in [-0.2, -0.15) is 0 Å². The highest BCUT2D eigenvalue weighted by Crippen LogP contribution is 2.39. The first kappa shape index (κ1) is 23.3. The minimum absolute atomic E-state index is 0. The molecule has 10 heteroatoms. The maximum absolute atomic E-state index is 14.4. The number of carbonyl (C=O) groups excluding carboxylic acids is 1. The van der Waals surface area contributed by atoms with Crippen LogP contribution in [0.1, 0.15) is 36.0 Å². The number of ether oxygens (including phenoxy) is 2. The van der Waals surface area contributed by atoms with Crippen LogP contribution in [0.5, 0.6) is 11.5 Å². The molecule has 1 saturated carbocycles. The fraction of sp³-hybridized carbons (Fsp3) is 0.435. The van der Waals surface area contributed by atoms with Gasteiger partial charge in [0.25, 0.3) is 5.91 Å². The summed E-state index contributed by atoms with van der Waals surface area (Å²) in [6.45, 7) is 2.26. The molecule has 0 spiro atoms. The van der Waals surface area contributed by atoms with Gasteiger partial charge in [0.1, 0.15) is 23.3 Å². The number of halogens is 2. The normalized spacial score (nSPS) is 17.9. The number of amides is 1. The Hall–Kier alpha value is -2.91. The lowest BCUT2D eigenvalue weighted by molar-refractivity contribution is 0.0932. The van der Waals surface area contributed by atoms with E-state index in [9.17, 15) is 9.18 Å². The van der Waals surface area contributed by atoms with Crippen molar-refractivity contribution in [2.75, 3.05) is 26.8 Å². The molecule has 3 aromatic rings. The van der Waals surface area contributed by atoms with Crippen LogP contribution in [0.25, 0.3) is 22.3 Å². The van der Waals surface area contributed by atoms with Gasteiger partial charge < -0.3 is 25.1 Å². The van der Waals surface area contributed by atoms with Crippen LogP contribution in [0, 0.1) is 11.7 Å². The summed E-state index contributed by atoms with van der Waals surface area (Å²) in [4.78, 5) is 24.8. The van der Waals surface area contributed by atoms with Crippen LogP contribution in [0.4, 0.5) is 4.39 Å². The molecule has 1 aliphatic heterocycles. The summed E-state index contributed by atoms with van der Waals surface area (Å²) in [5.74, 6) is 0.314. The van der Waals surface area contributed by atoms with Gasteiger partial charge in [0.2, 0.25) is 0 Å². The first-order valence-electron chi connectivity index (χ1n) is 11.0. The van der Waals surface area contributed by atoms with E-state index in [0.29, 0.717) is 46.1 Å². The highest BCUT2D eigenvalue weighted by atomic mass is 35.5. The van der Waals surface area contributed by atoms with E-state index < -0.39 is 5.82 Å². The third-order valence-corrected chi connectivity index (χ3v) is 6.02. The zero-order chi connectivity index (χ0) is 22.1. The standard InChI is InChI=1S/C23H26FN5O3.ClH/c1-31-19-7-15(18(8-17(19)24)32-11-13-4-5-13)20-22-21(28-12-27-20)16(10-26-22)23(30)29-14-3-2-6-25-9-14;/h7-8,10,12-14,25-26H,2-6,9,11H2,1H3,(H,29,30);1H/t14-;/m1./s1. The van der Waals surface area contributed by atoms with Gasteiger partial charge in [-0.15, -0.1) is 12.4 Å². The minimum atomic E-state index is -0.500. The molecule has 1 aromatic carbocycles. The van der Waals surface area contributed by atoms with Crippen molar-refractivity contribution in [1.82, 2.24) is 25.6 Å². The van der Waals surface area contributed by atoms with Gasteiger partial charge >= 0.3 is 0 Å². The molecule has 2 aliphatic rings. The molecule has 176 valence electrons. The molecule has 2 fully saturated rings. The molecular weight excluding hydrogens is 449 g/mol. The second-order valence-electron chi connectivity index (χ2n) is 8.40. The topological polar surface area (TPSA) is 101 Å². The van der Waals surface area contributed by atoms with Gasteiger partial charge in [0.05, 0.1) is 24.8 Å². The highest BCUT2D eigenvalue weighted by Gasteiger charge is 2.25. The van der Waals surface area contributed by atoms with Crippen molar-refractivity contribution in [3.05, 3.63) is 36.0 Å². The lowest BCUT2D eigenvalue weighted by Gasteiger charge is -2.23. The number of aromatic nitrogens is 3. The molecule has 0 radical (unpaired) electrons. The Balaban J connectivity index is 0.00000259. The molecule has 2 aromatic heterocycles. The first-order chi connectivity index (χ1) is 15.6. The number of aromatic amines is 1. The van der Waals surface area contributed by atoms with Crippen molar-refractivity contribution in [2.45, 2.75) is 31.7 Å². The number of benzene rings is 1. The van der Waals surface area contributed by atoms with Crippen molar-refractivity contribution in [1.29, 1.82) is 0 Å². The van der Waals surface area contributed by atoms with Crippen LogP contribution in [-0.4, -0.2) is 53.7 Å². The molecule has 33 heavy (non-hydrogen) atoms. The van der Waals surface area contributed by atoms with Gasteiger partial charge in [0, 0.05) is 30.4 Å². The smallest absolute Gasteiger partial charge is 0.255 e. The minimum Gasteiger partial charge on any atom is -0.494 e. The van der Waals surface area contributed by atoms with Gasteiger partial charge in [0.15, 0.2) is 11.6 Å². The highest BCUT2D eigenvalue weighted by molar-refractivity contribution is 6.08. The van der Waals surface area contributed by atoms with Crippen LogP contribution in [-0.2, 0) is 0 Å². The zero-order valence-corrected chi connectivity index (χ0v) is 19.1. The van der Waals surface area contributed by atoms with Crippen molar-refractivity contribution >= 4 is 29.3 Å². The van der Waals surface area contributed by atoms with Crippen LogP contribution in [0.3, 0.4) is 0 Å². The second kappa shape index (κ2) is 9.93. The van der Waals surface area contributed by atoms with Gasteiger partial charge in [-0.1, -0.05) is 0 Å². The first-order valence-corrected chi connectivity index (χ1v) is 11.0. The molecule has 1 saturated heterocycles. The molecule has 1 atom stereocenters. The monoisotopic (exact) mass is 475 g/mol. The number of methoxy groups -OCH3 is 1. The van der Waals surface area contributed by atoms with Crippen molar-refractivity contribution in [3.63, 3.8) is 0 Å². The number of hydrogen-bond donors (Lipinski definition) is 3. The number of nitrogens with zero attached hydrogens (tertiary/aromatic N) is 2. The van der Waals surface area contributed by atoms with Gasteiger partial charge in [-0.05, 0) is 44.2 Å². The summed E-state index contributed by atoms with van der Waals surface area (Å²) in [5.41, 5.74) is 2.65. The fourth-order valence-electron chi connectivity index (χ4n) is 4.04. The van der Waals surface area contributed by atoms with Gasteiger partial charge in [-0.25, -0.2) is 14.4 Å². The maximum Gasteiger partial charge on any atom is 0.255 e.